The number of alkyl halides is 3. The number of benzene rings is 2. The minimum absolute atomic E-state index is 0.147. The number of nitrogens with zero attached hydrogens (tertiary/aromatic N) is 3. The van der Waals surface area contributed by atoms with Crippen molar-refractivity contribution in [2.45, 2.75) is 31.4 Å². The summed E-state index contributed by atoms with van der Waals surface area (Å²) < 4.78 is 44.4. The number of carbonyl (C=O) groups is 3. The highest BCUT2D eigenvalue weighted by molar-refractivity contribution is 6.06. The largest absolute Gasteiger partial charge is 0.465 e. The second-order valence-corrected chi connectivity index (χ2v) is 9.91. The zero-order valence-electron chi connectivity index (χ0n) is 21.4. The molecule has 3 aromatic rings. The van der Waals surface area contributed by atoms with E-state index in [1.807, 2.05) is 12.1 Å². The molecule has 1 saturated heterocycles. The van der Waals surface area contributed by atoms with Crippen LogP contribution in [0.4, 0.5) is 18.9 Å². The maximum Gasteiger partial charge on any atom is 0.433 e. The first-order valence-electron chi connectivity index (χ1n) is 12.5. The smallest absolute Gasteiger partial charge is 0.433 e. The fourth-order valence-corrected chi connectivity index (χ4v) is 5.55. The predicted molar refractivity (Wildman–Crippen MR) is 137 cm³/mol. The van der Waals surface area contributed by atoms with Gasteiger partial charge in [0, 0.05) is 36.3 Å². The van der Waals surface area contributed by atoms with E-state index in [1.54, 1.807) is 42.2 Å². The number of hydrogen-bond donors (Lipinski definition) is 0. The standard InChI is InChI=1S/C29H26F3N3O4/c1-18-16-19(27(38)39-2)10-11-20(18)25(36)34-14-12-28(13-15-34)17-35(23-8-4-3-6-21(23)28)26(37)22-7-5-9-24(33-22)29(30,31)32/h3-11,16H,12-15,17H2,1-2H3. The van der Waals surface area contributed by atoms with Crippen LogP contribution in [-0.2, 0) is 16.3 Å². The summed E-state index contributed by atoms with van der Waals surface area (Å²) in [5.74, 6) is -1.22. The van der Waals surface area contributed by atoms with Crippen molar-refractivity contribution in [1.82, 2.24) is 9.88 Å². The molecule has 0 aliphatic carbocycles. The van der Waals surface area contributed by atoms with Gasteiger partial charge < -0.3 is 14.5 Å². The van der Waals surface area contributed by atoms with Crippen molar-refractivity contribution in [1.29, 1.82) is 0 Å². The Morgan fingerprint density at radius 3 is 2.33 bits per heavy atom. The number of ether oxygens (including phenoxy) is 1. The Kier molecular flexibility index (Phi) is 6.65. The summed E-state index contributed by atoms with van der Waals surface area (Å²) in [6.07, 6.45) is -3.50. The molecule has 2 amide bonds. The van der Waals surface area contributed by atoms with Crippen molar-refractivity contribution >= 4 is 23.5 Å². The Morgan fingerprint density at radius 1 is 0.949 bits per heavy atom. The SMILES string of the molecule is COC(=O)c1ccc(C(=O)N2CCC3(CC2)CN(C(=O)c2cccc(C(F)(F)F)n2)c2ccccc23)c(C)c1. The lowest BCUT2D eigenvalue weighted by Crippen LogP contribution is -2.48. The van der Waals surface area contributed by atoms with Crippen molar-refractivity contribution in [3.05, 3.63) is 94.3 Å². The number of carbonyl (C=O) groups excluding carboxylic acids is 3. The van der Waals surface area contributed by atoms with Gasteiger partial charge in [-0.2, -0.15) is 13.2 Å². The van der Waals surface area contributed by atoms with E-state index in [0.29, 0.717) is 48.3 Å². The molecule has 0 atom stereocenters. The first kappa shape index (κ1) is 26.4. The molecule has 0 radical (unpaired) electrons. The van der Waals surface area contributed by atoms with Gasteiger partial charge in [-0.25, -0.2) is 9.78 Å². The molecule has 0 saturated carbocycles. The average molecular weight is 538 g/mol. The van der Waals surface area contributed by atoms with E-state index < -0.39 is 29.2 Å². The highest BCUT2D eigenvalue weighted by atomic mass is 19.4. The maximum absolute atomic E-state index is 13.4. The fourth-order valence-electron chi connectivity index (χ4n) is 5.55. The second kappa shape index (κ2) is 9.83. The average Bonchev–Trinajstić information content (AvgIpc) is 3.25. The van der Waals surface area contributed by atoms with Crippen LogP contribution in [0, 0.1) is 6.92 Å². The molecule has 1 fully saturated rings. The topological polar surface area (TPSA) is 79.8 Å². The molecule has 0 N–H and O–H groups in total. The number of fused-ring (bicyclic) bond motifs is 2. The molecule has 2 aliphatic rings. The van der Waals surface area contributed by atoms with E-state index >= 15 is 0 Å². The molecular formula is C29H26F3N3O4. The lowest BCUT2D eigenvalue weighted by molar-refractivity contribution is -0.141. The number of rotatable bonds is 3. The lowest BCUT2D eigenvalue weighted by atomic mass is 9.74. The van der Waals surface area contributed by atoms with Gasteiger partial charge in [0.15, 0.2) is 0 Å². The number of aromatic nitrogens is 1. The van der Waals surface area contributed by atoms with Crippen LogP contribution in [0.3, 0.4) is 0 Å². The summed E-state index contributed by atoms with van der Waals surface area (Å²) in [5, 5.41) is 0. The number of amides is 2. The van der Waals surface area contributed by atoms with E-state index in [1.165, 1.54) is 24.1 Å². The van der Waals surface area contributed by atoms with Crippen molar-refractivity contribution in [3.8, 4) is 0 Å². The molecule has 1 spiro atoms. The molecule has 10 heteroatoms. The highest BCUT2D eigenvalue weighted by Crippen LogP contribution is 2.47. The molecular weight excluding hydrogens is 511 g/mol. The molecule has 3 heterocycles. The van der Waals surface area contributed by atoms with Crippen molar-refractivity contribution in [2.75, 3.05) is 31.6 Å². The van der Waals surface area contributed by atoms with Gasteiger partial charge >= 0.3 is 12.1 Å². The van der Waals surface area contributed by atoms with Crippen LogP contribution in [0.2, 0.25) is 0 Å². The Morgan fingerprint density at radius 2 is 1.67 bits per heavy atom. The van der Waals surface area contributed by atoms with Gasteiger partial charge in [0.05, 0.1) is 12.7 Å². The van der Waals surface area contributed by atoms with Gasteiger partial charge in [-0.1, -0.05) is 24.3 Å². The normalized spacial score (nSPS) is 16.2. The number of pyridine rings is 1. The van der Waals surface area contributed by atoms with E-state index in [2.05, 4.69) is 4.98 Å². The Hall–Kier alpha value is -4.21. The first-order chi connectivity index (χ1) is 18.5. The summed E-state index contributed by atoms with van der Waals surface area (Å²) in [6.45, 7) is 2.94. The molecule has 7 nitrogen and oxygen atoms in total. The van der Waals surface area contributed by atoms with Crippen LogP contribution in [-0.4, -0.2) is 54.4 Å². The molecule has 1 aromatic heterocycles. The van der Waals surface area contributed by atoms with Crippen LogP contribution in [0.1, 0.15) is 60.9 Å². The summed E-state index contributed by atoms with van der Waals surface area (Å²) in [6, 6.07) is 15.5. The van der Waals surface area contributed by atoms with Gasteiger partial charge in [0.2, 0.25) is 0 Å². The predicted octanol–water partition coefficient (Wildman–Crippen LogP) is 5.03. The maximum atomic E-state index is 13.4. The molecule has 2 aliphatic heterocycles. The number of likely N-dealkylation sites (tertiary alicyclic amines) is 1. The lowest BCUT2D eigenvalue weighted by Gasteiger charge is -2.40. The third-order valence-electron chi connectivity index (χ3n) is 7.62. The number of aryl methyl sites for hydroxylation is 1. The number of para-hydroxylation sites is 1. The third kappa shape index (κ3) is 4.75. The van der Waals surface area contributed by atoms with Gasteiger partial charge in [0.25, 0.3) is 11.8 Å². The van der Waals surface area contributed by atoms with Crippen LogP contribution in [0.25, 0.3) is 0 Å². The van der Waals surface area contributed by atoms with Crippen LogP contribution in [0.5, 0.6) is 0 Å². The van der Waals surface area contributed by atoms with E-state index in [9.17, 15) is 27.6 Å². The Bertz CT molecular complexity index is 1460. The zero-order valence-corrected chi connectivity index (χ0v) is 21.4. The minimum atomic E-state index is -4.65. The number of hydrogen-bond acceptors (Lipinski definition) is 5. The van der Waals surface area contributed by atoms with Gasteiger partial charge in [-0.05, 0) is 67.3 Å². The zero-order chi connectivity index (χ0) is 27.9. The number of esters is 1. The number of piperidine rings is 1. The first-order valence-corrected chi connectivity index (χ1v) is 12.5. The summed E-state index contributed by atoms with van der Waals surface area (Å²) >= 11 is 0. The third-order valence-corrected chi connectivity index (χ3v) is 7.62. The molecule has 2 aromatic carbocycles. The van der Waals surface area contributed by atoms with Crippen LogP contribution >= 0.6 is 0 Å². The molecule has 0 unspecified atom stereocenters. The summed E-state index contributed by atoms with van der Waals surface area (Å²) in [4.78, 5) is 45.4. The quantitative estimate of drug-likeness (QED) is 0.438. The van der Waals surface area contributed by atoms with Gasteiger partial charge in [0.1, 0.15) is 11.4 Å². The monoisotopic (exact) mass is 537 g/mol. The van der Waals surface area contributed by atoms with Crippen molar-refractivity contribution < 1.29 is 32.3 Å². The van der Waals surface area contributed by atoms with Gasteiger partial charge in [-0.3, -0.25) is 9.59 Å². The summed E-state index contributed by atoms with van der Waals surface area (Å²) in [7, 11) is 1.30. The molecule has 0 bridgehead atoms. The highest BCUT2D eigenvalue weighted by Gasteiger charge is 2.47. The van der Waals surface area contributed by atoms with Gasteiger partial charge in [-0.15, -0.1) is 0 Å². The Labute approximate surface area is 223 Å². The van der Waals surface area contributed by atoms with Crippen LogP contribution < -0.4 is 4.90 Å². The van der Waals surface area contributed by atoms with E-state index in [4.69, 9.17) is 4.74 Å². The van der Waals surface area contributed by atoms with Crippen LogP contribution in [0.15, 0.2) is 60.7 Å². The van der Waals surface area contributed by atoms with E-state index in [-0.39, 0.29) is 18.1 Å². The molecule has 39 heavy (non-hydrogen) atoms. The summed E-state index contributed by atoms with van der Waals surface area (Å²) in [5.41, 5.74) is 1.30. The van der Waals surface area contributed by atoms with E-state index in [0.717, 1.165) is 11.6 Å². The molecule has 5 rings (SSSR count). The Balaban J connectivity index is 1.36. The second-order valence-electron chi connectivity index (χ2n) is 9.91. The minimum Gasteiger partial charge on any atom is -0.465 e. The fraction of sp³-hybridized carbons (Fsp3) is 0.310. The number of anilines is 1. The number of methoxy groups -OCH3 is 1. The number of halogens is 3. The molecule has 202 valence electrons. The van der Waals surface area contributed by atoms with Crippen molar-refractivity contribution in [2.24, 2.45) is 0 Å². The van der Waals surface area contributed by atoms with Crippen molar-refractivity contribution in [3.63, 3.8) is 0 Å².